The molecular formula is C14H27N3O8S. The van der Waals surface area contributed by atoms with Crippen molar-refractivity contribution >= 4 is 36.4 Å². The summed E-state index contributed by atoms with van der Waals surface area (Å²) in [5.74, 6) is -3.70. The number of amides is 2. The van der Waals surface area contributed by atoms with Gasteiger partial charge in [-0.15, -0.1) is 0 Å². The predicted molar refractivity (Wildman–Crippen MR) is 94.7 cm³/mol. The molecule has 2 amide bonds. The molecule has 0 aliphatic rings. The van der Waals surface area contributed by atoms with Crippen molar-refractivity contribution in [2.24, 2.45) is 5.73 Å². The number of rotatable bonds is 9. The summed E-state index contributed by atoms with van der Waals surface area (Å²) in [7, 11) is 0. The number of nitrogens with one attached hydrogen (secondary N) is 2. The Hall–Kier alpha value is -1.89. The lowest BCUT2D eigenvalue weighted by atomic mass is 10.1. The summed E-state index contributed by atoms with van der Waals surface area (Å²) in [6.07, 6.45) is -0.235. The first-order valence-electron chi connectivity index (χ1n) is 7.54. The number of carboxylic acids is 2. The Morgan fingerprint density at radius 1 is 1.19 bits per heavy atom. The van der Waals surface area contributed by atoms with Gasteiger partial charge in [0, 0.05) is 12.2 Å². The van der Waals surface area contributed by atoms with Gasteiger partial charge >= 0.3 is 11.9 Å². The summed E-state index contributed by atoms with van der Waals surface area (Å²) in [5, 5.41) is 29.3. The first kappa shape index (κ1) is 26.3. The summed E-state index contributed by atoms with van der Waals surface area (Å²) in [6.45, 7) is 4.75. The van der Waals surface area contributed by atoms with Crippen LogP contribution in [-0.4, -0.2) is 69.2 Å². The molecule has 0 aliphatic heterocycles. The van der Waals surface area contributed by atoms with Crippen LogP contribution in [0.15, 0.2) is 0 Å². The Balaban J connectivity index is 0. The molecule has 0 bridgehead atoms. The maximum atomic E-state index is 11.5. The molecule has 0 rings (SSSR count). The minimum atomic E-state index is -1.22. The Morgan fingerprint density at radius 2 is 1.69 bits per heavy atom. The van der Waals surface area contributed by atoms with Gasteiger partial charge < -0.3 is 26.6 Å². The van der Waals surface area contributed by atoms with Crippen LogP contribution in [0.3, 0.4) is 0 Å². The van der Waals surface area contributed by atoms with Crippen LogP contribution in [0.5, 0.6) is 0 Å². The number of nitrogens with two attached hydrogens (primary N) is 1. The van der Waals surface area contributed by atoms with Gasteiger partial charge in [0.2, 0.25) is 11.8 Å². The van der Waals surface area contributed by atoms with Gasteiger partial charge in [0.15, 0.2) is 0 Å². The zero-order valence-corrected chi connectivity index (χ0v) is 15.8. The van der Waals surface area contributed by atoms with E-state index in [1.54, 1.807) is 20.8 Å². The van der Waals surface area contributed by atoms with Gasteiger partial charge in [-0.25, -0.2) is 4.89 Å². The van der Waals surface area contributed by atoms with E-state index in [1.165, 1.54) is 0 Å². The molecule has 26 heavy (non-hydrogen) atoms. The van der Waals surface area contributed by atoms with Crippen LogP contribution in [0.1, 0.15) is 33.6 Å². The first-order valence-corrected chi connectivity index (χ1v) is 8.18. The van der Waals surface area contributed by atoms with Crippen LogP contribution >= 0.6 is 12.6 Å². The summed E-state index contributed by atoms with van der Waals surface area (Å²) in [6, 6.07) is -2.15. The van der Waals surface area contributed by atoms with Crippen molar-refractivity contribution in [3.05, 3.63) is 0 Å². The van der Waals surface area contributed by atoms with Crippen molar-refractivity contribution in [2.75, 3.05) is 12.3 Å². The molecule has 0 saturated heterocycles. The third-order valence-corrected chi connectivity index (χ3v) is 2.89. The molecule has 12 heteroatoms. The quantitative estimate of drug-likeness (QED) is 0.146. The fraction of sp³-hybridized carbons (Fsp3) is 0.714. The minimum absolute atomic E-state index is 0.0256. The fourth-order valence-electron chi connectivity index (χ4n) is 1.16. The number of carbonyl (C=O) groups excluding carboxylic acids is 2. The molecule has 152 valence electrons. The van der Waals surface area contributed by atoms with Crippen LogP contribution in [0.2, 0.25) is 0 Å². The molecule has 0 aromatic heterocycles. The molecular weight excluding hydrogens is 370 g/mol. The van der Waals surface area contributed by atoms with E-state index >= 15 is 0 Å². The second-order valence-electron chi connectivity index (χ2n) is 6.10. The van der Waals surface area contributed by atoms with E-state index in [0.29, 0.717) is 0 Å². The number of aliphatic carboxylic acids is 2. The summed E-state index contributed by atoms with van der Waals surface area (Å²) >= 11 is 3.87. The molecule has 7 N–H and O–H groups in total. The van der Waals surface area contributed by atoms with Crippen LogP contribution < -0.4 is 16.4 Å². The average molecular weight is 397 g/mol. The van der Waals surface area contributed by atoms with Gasteiger partial charge in [-0.3, -0.25) is 24.4 Å². The normalized spacial score (nSPS) is 12.8. The Bertz CT molecular complexity index is 481. The molecule has 11 nitrogen and oxygen atoms in total. The zero-order valence-electron chi connectivity index (χ0n) is 14.9. The number of carbonyl (C=O) groups is 4. The number of carboxylic acid groups (broad SMARTS) is 2. The number of hydrogen-bond donors (Lipinski definition) is 7. The van der Waals surface area contributed by atoms with E-state index in [0.717, 1.165) is 0 Å². The molecule has 0 radical (unpaired) electrons. The number of hydrogen-bond acceptors (Lipinski definition) is 8. The van der Waals surface area contributed by atoms with E-state index in [2.05, 4.69) is 28.1 Å². The van der Waals surface area contributed by atoms with E-state index in [-0.39, 0.29) is 18.6 Å². The predicted octanol–water partition coefficient (Wildman–Crippen LogP) is -0.932. The standard InChI is InChI=1S/C10H17N3O6S.C4H10O2/c11-5(10(18)19)1-2-7(14)13-6(4-20)9(17)12-3-8(15)16;1-4(2,3)6-5/h5-6,20H,1-4,11H2,(H,12,17)(H,13,14)(H,15,16)(H,18,19);5H,1-3H3. The molecule has 0 spiro atoms. The smallest absolute Gasteiger partial charge is 0.322 e. The molecule has 2 unspecified atom stereocenters. The molecule has 0 fully saturated rings. The van der Waals surface area contributed by atoms with Crippen LogP contribution in [0.25, 0.3) is 0 Å². The zero-order chi connectivity index (χ0) is 20.9. The largest absolute Gasteiger partial charge is 0.480 e. The van der Waals surface area contributed by atoms with Crippen molar-refractivity contribution < 1.29 is 39.5 Å². The van der Waals surface area contributed by atoms with Crippen molar-refractivity contribution in [1.29, 1.82) is 0 Å². The highest BCUT2D eigenvalue weighted by Gasteiger charge is 2.20. The topological polar surface area (TPSA) is 188 Å². The molecule has 2 atom stereocenters. The summed E-state index contributed by atoms with van der Waals surface area (Å²) in [4.78, 5) is 47.7. The van der Waals surface area contributed by atoms with Crippen LogP contribution in [0, 0.1) is 0 Å². The van der Waals surface area contributed by atoms with Crippen molar-refractivity contribution in [2.45, 2.75) is 51.3 Å². The van der Waals surface area contributed by atoms with Crippen LogP contribution in [0.4, 0.5) is 0 Å². The van der Waals surface area contributed by atoms with Gasteiger partial charge in [-0.1, -0.05) is 0 Å². The van der Waals surface area contributed by atoms with E-state index in [4.69, 9.17) is 21.2 Å². The molecule has 0 aromatic carbocycles. The maximum Gasteiger partial charge on any atom is 0.322 e. The second kappa shape index (κ2) is 13.3. The van der Waals surface area contributed by atoms with Gasteiger partial charge in [-0.2, -0.15) is 12.6 Å². The second-order valence-corrected chi connectivity index (χ2v) is 6.47. The van der Waals surface area contributed by atoms with E-state index < -0.39 is 48.0 Å². The Labute approximate surface area is 156 Å². The highest BCUT2D eigenvalue weighted by molar-refractivity contribution is 7.80. The monoisotopic (exact) mass is 397 g/mol. The lowest BCUT2D eigenvalue weighted by molar-refractivity contribution is -0.306. The SMILES string of the molecule is CC(C)(C)OO.NC(CCC(=O)NC(CS)C(=O)NCC(=O)O)C(=O)O. The third-order valence-electron chi connectivity index (χ3n) is 2.52. The minimum Gasteiger partial charge on any atom is -0.480 e. The highest BCUT2D eigenvalue weighted by Crippen LogP contribution is 2.01. The average Bonchev–Trinajstić information content (AvgIpc) is 2.54. The maximum absolute atomic E-state index is 11.5. The third kappa shape index (κ3) is 15.6. The van der Waals surface area contributed by atoms with Gasteiger partial charge in [-0.05, 0) is 27.2 Å². The van der Waals surface area contributed by atoms with Gasteiger partial charge in [0.1, 0.15) is 18.6 Å². The fourth-order valence-corrected chi connectivity index (χ4v) is 1.41. The molecule has 0 aromatic rings. The first-order chi connectivity index (χ1) is 11.8. The number of thiol groups is 1. The lowest BCUT2D eigenvalue weighted by Crippen LogP contribution is -2.49. The summed E-state index contributed by atoms with van der Waals surface area (Å²) < 4.78 is 0. The van der Waals surface area contributed by atoms with E-state index in [1.807, 2.05) is 0 Å². The highest BCUT2D eigenvalue weighted by atomic mass is 32.1. The van der Waals surface area contributed by atoms with Gasteiger partial charge in [0.25, 0.3) is 0 Å². The van der Waals surface area contributed by atoms with Crippen molar-refractivity contribution in [3.63, 3.8) is 0 Å². The molecule has 0 heterocycles. The van der Waals surface area contributed by atoms with Crippen LogP contribution in [-0.2, 0) is 24.1 Å². The summed E-state index contributed by atoms with van der Waals surface area (Å²) in [5.41, 5.74) is 4.83. The van der Waals surface area contributed by atoms with Gasteiger partial charge in [0.05, 0.1) is 5.60 Å². The van der Waals surface area contributed by atoms with E-state index in [9.17, 15) is 19.2 Å². The molecule has 0 saturated carbocycles. The Morgan fingerprint density at radius 3 is 2.04 bits per heavy atom. The Kier molecular flexibility index (Phi) is 13.5. The van der Waals surface area contributed by atoms with Crippen molar-refractivity contribution in [1.82, 2.24) is 10.6 Å². The lowest BCUT2D eigenvalue weighted by Gasteiger charge is -2.16. The van der Waals surface area contributed by atoms with Crippen molar-refractivity contribution in [3.8, 4) is 0 Å². The molecule has 0 aliphatic carbocycles.